The highest BCUT2D eigenvalue weighted by Gasteiger charge is 2.35. The van der Waals surface area contributed by atoms with E-state index in [0.717, 1.165) is 0 Å². The molecule has 9 rings (SSSR count). The van der Waals surface area contributed by atoms with Gasteiger partial charge in [-0.25, -0.2) is 0 Å². The molecular weight excluding hydrogens is 540 g/mol. The predicted octanol–water partition coefficient (Wildman–Crippen LogP) is 12.5. The fraction of sp³-hybridized carbons (Fsp3) is 0.0667. The van der Waals surface area contributed by atoms with Gasteiger partial charge in [-0.05, 0) is 106 Å². The second kappa shape index (κ2) is 9.78. The van der Waals surface area contributed by atoms with Crippen molar-refractivity contribution in [2.75, 3.05) is 0 Å². The summed E-state index contributed by atoms with van der Waals surface area (Å²) in [5.74, 6) is 0. The van der Waals surface area contributed by atoms with Gasteiger partial charge in [0, 0.05) is 5.41 Å². The van der Waals surface area contributed by atoms with Gasteiger partial charge in [0.15, 0.2) is 0 Å². The lowest BCUT2D eigenvalue weighted by atomic mass is 9.80. The van der Waals surface area contributed by atoms with E-state index in [4.69, 9.17) is 0 Å². The molecule has 0 saturated heterocycles. The standard InChI is InChI=1S/C45H32/c1-45(2)41-19-11-10-16-35(41)36-24-23-34(28-42(36)45)43-37-17-8-9-18-38(37)44(33-21-20-30-14-6-7-15-31(30)26-33)40-27-32(22-25-39(40)43)29-12-4-3-5-13-29/h3-28H,1-2H3. The van der Waals surface area contributed by atoms with Gasteiger partial charge >= 0.3 is 0 Å². The Morgan fingerprint density at radius 3 is 1.73 bits per heavy atom. The third kappa shape index (κ3) is 3.92. The zero-order valence-corrected chi connectivity index (χ0v) is 25.5. The van der Waals surface area contributed by atoms with Gasteiger partial charge in [-0.15, -0.1) is 0 Å². The summed E-state index contributed by atoms with van der Waals surface area (Å²) in [4.78, 5) is 0. The molecule has 0 unspecified atom stereocenters. The van der Waals surface area contributed by atoms with Gasteiger partial charge in [0.05, 0.1) is 0 Å². The van der Waals surface area contributed by atoms with E-state index in [9.17, 15) is 0 Å². The zero-order chi connectivity index (χ0) is 30.1. The van der Waals surface area contributed by atoms with Gasteiger partial charge in [-0.2, -0.15) is 0 Å². The summed E-state index contributed by atoms with van der Waals surface area (Å²) in [5, 5.41) is 7.65. The van der Waals surface area contributed by atoms with Crippen LogP contribution < -0.4 is 0 Å². The van der Waals surface area contributed by atoms with Crippen molar-refractivity contribution >= 4 is 32.3 Å². The summed E-state index contributed by atoms with van der Waals surface area (Å²) >= 11 is 0. The second-order valence-corrected chi connectivity index (χ2v) is 12.9. The Bertz CT molecular complexity index is 2440. The van der Waals surface area contributed by atoms with E-state index < -0.39 is 0 Å². The van der Waals surface area contributed by atoms with Crippen LogP contribution in [0.1, 0.15) is 25.0 Å². The number of benzene rings is 8. The van der Waals surface area contributed by atoms with E-state index in [-0.39, 0.29) is 5.41 Å². The smallest absolute Gasteiger partial charge is 0.0159 e. The minimum Gasteiger partial charge on any atom is -0.0622 e. The van der Waals surface area contributed by atoms with Crippen LogP contribution in [0.25, 0.3) is 76.8 Å². The maximum atomic E-state index is 2.47. The molecule has 0 N–H and O–H groups in total. The molecule has 0 bridgehead atoms. The molecule has 8 aromatic carbocycles. The van der Waals surface area contributed by atoms with Gasteiger partial charge in [-0.3, -0.25) is 0 Å². The number of fused-ring (bicyclic) bond motifs is 6. The minimum atomic E-state index is -0.0565. The molecule has 0 amide bonds. The van der Waals surface area contributed by atoms with Gasteiger partial charge in [0.2, 0.25) is 0 Å². The van der Waals surface area contributed by atoms with Crippen LogP contribution in [0.15, 0.2) is 158 Å². The van der Waals surface area contributed by atoms with Crippen LogP contribution in [0.3, 0.4) is 0 Å². The van der Waals surface area contributed by atoms with Crippen LogP contribution in [-0.4, -0.2) is 0 Å². The van der Waals surface area contributed by atoms with Crippen molar-refractivity contribution in [1.82, 2.24) is 0 Å². The Morgan fingerprint density at radius 1 is 0.333 bits per heavy atom. The van der Waals surface area contributed by atoms with Crippen LogP contribution in [0.4, 0.5) is 0 Å². The fourth-order valence-electron chi connectivity index (χ4n) is 7.82. The highest BCUT2D eigenvalue weighted by atomic mass is 14.4. The van der Waals surface area contributed by atoms with E-state index in [0.29, 0.717) is 0 Å². The lowest BCUT2D eigenvalue weighted by Crippen LogP contribution is -2.14. The van der Waals surface area contributed by atoms with Crippen LogP contribution in [0.2, 0.25) is 0 Å². The molecule has 1 aliphatic carbocycles. The highest BCUT2D eigenvalue weighted by Crippen LogP contribution is 2.51. The average molecular weight is 573 g/mol. The van der Waals surface area contributed by atoms with Crippen LogP contribution >= 0.6 is 0 Å². The third-order valence-corrected chi connectivity index (χ3v) is 10.0. The first-order chi connectivity index (χ1) is 22.1. The molecule has 8 aromatic rings. The first kappa shape index (κ1) is 26.0. The summed E-state index contributed by atoms with van der Waals surface area (Å²) in [6.45, 7) is 4.74. The van der Waals surface area contributed by atoms with Crippen molar-refractivity contribution in [2.24, 2.45) is 0 Å². The minimum absolute atomic E-state index is 0.0565. The molecule has 0 nitrogen and oxygen atoms in total. The molecule has 0 atom stereocenters. The topological polar surface area (TPSA) is 0 Å². The van der Waals surface area contributed by atoms with Crippen LogP contribution in [-0.2, 0) is 5.41 Å². The van der Waals surface area contributed by atoms with Gasteiger partial charge in [0.25, 0.3) is 0 Å². The first-order valence-electron chi connectivity index (χ1n) is 15.9. The Hall–Kier alpha value is -5.46. The van der Waals surface area contributed by atoms with Crippen molar-refractivity contribution in [3.8, 4) is 44.5 Å². The molecule has 0 radical (unpaired) electrons. The predicted molar refractivity (Wildman–Crippen MR) is 193 cm³/mol. The number of hydrogen-bond donors (Lipinski definition) is 0. The van der Waals surface area contributed by atoms with E-state index in [1.54, 1.807) is 0 Å². The van der Waals surface area contributed by atoms with Gasteiger partial charge < -0.3 is 0 Å². The van der Waals surface area contributed by atoms with E-state index >= 15 is 0 Å². The average Bonchev–Trinajstić information content (AvgIpc) is 3.32. The first-order valence-corrected chi connectivity index (χ1v) is 15.9. The summed E-state index contributed by atoms with van der Waals surface area (Å²) in [7, 11) is 0. The van der Waals surface area contributed by atoms with E-state index in [2.05, 4.69) is 172 Å². The molecule has 212 valence electrons. The van der Waals surface area contributed by atoms with Crippen LogP contribution in [0.5, 0.6) is 0 Å². The van der Waals surface area contributed by atoms with Gasteiger partial charge in [-0.1, -0.05) is 153 Å². The lowest BCUT2D eigenvalue weighted by Gasteiger charge is -2.23. The molecule has 0 heteroatoms. The monoisotopic (exact) mass is 572 g/mol. The van der Waals surface area contributed by atoms with Crippen LogP contribution in [0, 0.1) is 0 Å². The summed E-state index contributed by atoms with van der Waals surface area (Å²) in [6, 6.07) is 58.5. The zero-order valence-electron chi connectivity index (χ0n) is 25.5. The highest BCUT2D eigenvalue weighted by molar-refractivity contribution is 6.22. The third-order valence-electron chi connectivity index (χ3n) is 10.0. The molecule has 1 aliphatic rings. The fourth-order valence-corrected chi connectivity index (χ4v) is 7.82. The summed E-state index contributed by atoms with van der Waals surface area (Å²) in [5.41, 5.74) is 13.0. The van der Waals surface area contributed by atoms with Crippen molar-refractivity contribution in [2.45, 2.75) is 19.3 Å². The van der Waals surface area contributed by atoms with Gasteiger partial charge in [0.1, 0.15) is 0 Å². The maximum Gasteiger partial charge on any atom is 0.0159 e. The summed E-state index contributed by atoms with van der Waals surface area (Å²) < 4.78 is 0. The Kier molecular flexibility index (Phi) is 5.64. The molecule has 0 saturated carbocycles. The van der Waals surface area contributed by atoms with E-state index in [1.165, 1.54) is 88.0 Å². The molecular formula is C45H32. The Morgan fingerprint density at radius 2 is 0.911 bits per heavy atom. The largest absolute Gasteiger partial charge is 0.0622 e. The Balaban J connectivity index is 1.38. The van der Waals surface area contributed by atoms with Crippen molar-refractivity contribution in [3.05, 3.63) is 169 Å². The normalized spacial score (nSPS) is 13.3. The molecule has 0 spiro atoms. The maximum absolute atomic E-state index is 2.47. The molecule has 0 fully saturated rings. The number of rotatable bonds is 3. The molecule has 0 aromatic heterocycles. The lowest BCUT2D eigenvalue weighted by molar-refractivity contribution is 0.660. The van der Waals surface area contributed by atoms with Crippen molar-refractivity contribution in [3.63, 3.8) is 0 Å². The number of hydrogen-bond acceptors (Lipinski definition) is 0. The van der Waals surface area contributed by atoms with Crippen molar-refractivity contribution in [1.29, 1.82) is 0 Å². The molecule has 45 heavy (non-hydrogen) atoms. The molecule has 0 heterocycles. The van der Waals surface area contributed by atoms with E-state index in [1.807, 2.05) is 0 Å². The summed E-state index contributed by atoms with van der Waals surface area (Å²) in [6.07, 6.45) is 0. The second-order valence-electron chi connectivity index (χ2n) is 12.9. The SMILES string of the molecule is CC1(C)c2ccccc2-c2ccc(-c3c4ccccc4c(-c4ccc5ccccc5c4)c4cc(-c5ccccc5)ccc34)cc21. The van der Waals surface area contributed by atoms with Crippen molar-refractivity contribution < 1.29 is 0 Å². The quantitative estimate of drug-likeness (QED) is 0.185. The molecule has 0 aliphatic heterocycles. The Labute approximate surface area is 264 Å².